The van der Waals surface area contributed by atoms with Gasteiger partial charge in [-0.05, 0) is 19.1 Å². The van der Waals surface area contributed by atoms with Crippen LogP contribution in [0.25, 0.3) is 0 Å². The van der Waals surface area contributed by atoms with Crippen molar-refractivity contribution in [1.82, 2.24) is 0 Å². The molecule has 0 spiro atoms. The molecule has 1 aromatic carbocycles. The van der Waals surface area contributed by atoms with Crippen LogP contribution in [0.4, 0.5) is 5.69 Å². The zero-order chi connectivity index (χ0) is 14.6. The lowest BCUT2D eigenvalue weighted by Crippen LogP contribution is -2.26. The molecule has 0 aromatic heterocycles. The van der Waals surface area contributed by atoms with E-state index in [1.165, 1.54) is 6.07 Å². The lowest BCUT2D eigenvalue weighted by molar-refractivity contribution is -0.127. The number of aromatic hydroxyl groups is 1. The first-order chi connectivity index (χ1) is 8.86. The van der Waals surface area contributed by atoms with Crippen LogP contribution in [-0.2, 0) is 9.59 Å². The number of aromatic carboxylic acids is 1. The SMILES string of the molecule is CC(=O)C(C#N)C(=O)Nc1ccc(C(=O)O)c(O)c1. The van der Waals surface area contributed by atoms with Crippen LogP contribution < -0.4 is 5.32 Å². The lowest BCUT2D eigenvalue weighted by atomic mass is 10.1. The molecule has 0 fully saturated rings. The summed E-state index contributed by atoms with van der Waals surface area (Å²) in [5.74, 6) is -4.72. The molecule has 1 aromatic rings. The quantitative estimate of drug-likeness (QED) is 0.687. The smallest absolute Gasteiger partial charge is 0.339 e. The number of carboxylic acids is 1. The zero-order valence-electron chi connectivity index (χ0n) is 9.88. The van der Waals surface area contributed by atoms with E-state index in [1.807, 2.05) is 0 Å². The number of nitriles is 1. The Morgan fingerprint density at radius 1 is 1.37 bits per heavy atom. The maximum absolute atomic E-state index is 11.6. The van der Waals surface area contributed by atoms with Gasteiger partial charge in [-0.15, -0.1) is 0 Å². The molecule has 0 saturated heterocycles. The first-order valence-corrected chi connectivity index (χ1v) is 5.14. The highest BCUT2D eigenvalue weighted by Gasteiger charge is 2.23. The summed E-state index contributed by atoms with van der Waals surface area (Å²) in [6, 6.07) is 4.92. The van der Waals surface area contributed by atoms with Crippen molar-refractivity contribution >= 4 is 23.3 Å². The van der Waals surface area contributed by atoms with E-state index < -0.39 is 29.3 Å². The molecule has 1 atom stereocenters. The third-order valence-corrected chi connectivity index (χ3v) is 2.29. The number of ketones is 1. The van der Waals surface area contributed by atoms with Gasteiger partial charge in [0.05, 0.1) is 6.07 Å². The molecule has 1 amide bonds. The number of carbonyl (C=O) groups is 3. The number of rotatable bonds is 4. The standard InChI is InChI=1S/C12H10N2O5/c1-6(15)9(5-13)11(17)14-7-2-3-8(12(18)19)10(16)4-7/h2-4,9,16H,1H3,(H,14,17)(H,18,19). The average Bonchev–Trinajstić information content (AvgIpc) is 2.28. The molecule has 98 valence electrons. The van der Waals surface area contributed by atoms with Crippen LogP contribution in [0, 0.1) is 17.2 Å². The Kier molecular flexibility index (Phi) is 4.21. The van der Waals surface area contributed by atoms with E-state index >= 15 is 0 Å². The highest BCUT2D eigenvalue weighted by Crippen LogP contribution is 2.22. The molecule has 7 heteroatoms. The summed E-state index contributed by atoms with van der Waals surface area (Å²) in [7, 11) is 0. The van der Waals surface area contributed by atoms with Crippen molar-refractivity contribution in [2.75, 3.05) is 5.32 Å². The Morgan fingerprint density at radius 3 is 2.42 bits per heavy atom. The number of hydrogen-bond acceptors (Lipinski definition) is 5. The molecule has 0 radical (unpaired) electrons. The van der Waals surface area contributed by atoms with E-state index in [-0.39, 0.29) is 11.3 Å². The second-order valence-corrected chi connectivity index (χ2v) is 3.70. The summed E-state index contributed by atoms with van der Waals surface area (Å²) in [6.07, 6.45) is 0. The summed E-state index contributed by atoms with van der Waals surface area (Å²) < 4.78 is 0. The fourth-order valence-corrected chi connectivity index (χ4v) is 1.34. The van der Waals surface area contributed by atoms with Crippen molar-refractivity contribution in [2.24, 2.45) is 5.92 Å². The lowest BCUT2D eigenvalue weighted by Gasteiger charge is -2.08. The molecular formula is C12H10N2O5. The minimum atomic E-state index is -1.44. The predicted octanol–water partition coefficient (Wildman–Crippen LogP) is 0.758. The Bertz CT molecular complexity index is 588. The molecule has 0 heterocycles. The van der Waals surface area contributed by atoms with Gasteiger partial charge in [0.15, 0.2) is 11.7 Å². The number of carboxylic acid groups (broad SMARTS) is 1. The second kappa shape index (κ2) is 5.64. The summed E-state index contributed by atoms with van der Waals surface area (Å²) >= 11 is 0. The van der Waals surface area contributed by atoms with Crippen LogP contribution in [0.2, 0.25) is 0 Å². The third-order valence-electron chi connectivity index (χ3n) is 2.29. The summed E-state index contributed by atoms with van der Waals surface area (Å²) in [5, 5.41) is 29.0. The van der Waals surface area contributed by atoms with Crippen LogP contribution in [0.5, 0.6) is 5.75 Å². The van der Waals surface area contributed by atoms with Gasteiger partial charge < -0.3 is 15.5 Å². The van der Waals surface area contributed by atoms with E-state index in [4.69, 9.17) is 10.4 Å². The molecule has 0 aliphatic carbocycles. The number of amides is 1. The van der Waals surface area contributed by atoms with Gasteiger partial charge in [-0.25, -0.2) is 4.79 Å². The first-order valence-electron chi connectivity index (χ1n) is 5.14. The largest absolute Gasteiger partial charge is 0.507 e. The highest BCUT2D eigenvalue weighted by molar-refractivity contribution is 6.08. The normalized spacial score (nSPS) is 11.2. The molecular weight excluding hydrogens is 252 g/mol. The number of nitrogens with zero attached hydrogens (tertiary/aromatic N) is 1. The predicted molar refractivity (Wildman–Crippen MR) is 63.5 cm³/mol. The zero-order valence-corrected chi connectivity index (χ0v) is 9.88. The van der Waals surface area contributed by atoms with Crippen LogP contribution in [0.15, 0.2) is 18.2 Å². The molecule has 19 heavy (non-hydrogen) atoms. The molecule has 0 aliphatic rings. The van der Waals surface area contributed by atoms with Crippen molar-refractivity contribution in [3.8, 4) is 11.8 Å². The maximum Gasteiger partial charge on any atom is 0.339 e. The average molecular weight is 262 g/mol. The highest BCUT2D eigenvalue weighted by atomic mass is 16.4. The third kappa shape index (κ3) is 3.29. The fourth-order valence-electron chi connectivity index (χ4n) is 1.34. The van der Waals surface area contributed by atoms with E-state index in [9.17, 15) is 19.5 Å². The monoisotopic (exact) mass is 262 g/mol. The van der Waals surface area contributed by atoms with Gasteiger partial charge >= 0.3 is 5.97 Å². The van der Waals surface area contributed by atoms with Crippen molar-refractivity contribution < 1.29 is 24.6 Å². The van der Waals surface area contributed by atoms with Crippen LogP contribution in [0.3, 0.4) is 0 Å². The van der Waals surface area contributed by atoms with Gasteiger partial charge in [0, 0.05) is 11.8 Å². The number of hydrogen-bond donors (Lipinski definition) is 3. The van der Waals surface area contributed by atoms with Gasteiger partial charge in [0.2, 0.25) is 5.91 Å². The Morgan fingerprint density at radius 2 is 2.00 bits per heavy atom. The molecule has 1 rings (SSSR count). The van der Waals surface area contributed by atoms with Crippen LogP contribution in [-0.4, -0.2) is 27.9 Å². The maximum atomic E-state index is 11.6. The molecule has 1 unspecified atom stereocenters. The van der Waals surface area contributed by atoms with Crippen LogP contribution in [0.1, 0.15) is 17.3 Å². The van der Waals surface area contributed by atoms with Gasteiger partial charge in [0.1, 0.15) is 11.3 Å². The number of Topliss-reactive ketones (excluding diaryl/α,β-unsaturated/α-hetero) is 1. The molecule has 0 bridgehead atoms. The minimum absolute atomic E-state index is 0.0917. The van der Waals surface area contributed by atoms with Crippen molar-refractivity contribution in [3.63, 3.8) is 0 Å². The fraction of sp³-hybridized carbons (Fsp3) is 0.167. The van der Waals surface area contributed by atoms with E-state index in [1.54, 1.807) is 6.07 Å². The topological polar surface area (TPSA) is 127 Å². The summed E-state index contributed by atoms with van der Waals surface area (Å²) in [4.78, 5) is 33.2. The second-order valence-electron chi connectivity index (χ2n) is 3.70. The molecule has 3 N–H and O–H groups in total. The van der Waals surface area contributed by atoms with Gasteiger partial charge in [-0.3, -0.25) is 9.59 Å². The Labute approximate surface area is 108 Å². The number of carbonyl (C=O) groups excluding carboxylic acids is 2. The number of nitrogens with one attached hydrogen (secondary N) is 1. The van der Waals surface area contributed by atoms with E-state index in [0.717, 1.165) is 19.1 Å². The number of anilines is 1. The van der Waals surface area contributed by atoms with Crippen molar-refractivity contribution in [2.45, 2.75) is 6.92 Å². The van der Waals surface area contributed by atoms with Crippen LogP contribution >= 0.6 is 0 Å². The first kappa shape index (κ1) is 14.2. The van der Waals surface area contributed by atoms with E-state index in [2.05, 4.69) is 5.32 Å². The molecule has 7 nitrogen and oxygen atoms in total. The summed E-state index contributed by atoms with van der Waals surface area (Å²) in [6.45, 7) is 1.11. The van der Waals surface area contributed by atoms with E-state index in [0.29, 0.717) is 0 Å². The Balaban J connectivity index is 2.93. The number of phenols is 1. The summed E-state index contributed by atoms with van der Waals surface area (Å²) in [5.41, 5.74) is -0.226. The van der Waals surface area contributed by atoms with Crippen molar-refractivity contribution in [1.29, 1.82) is 5.26 Å². The minimum Gasteiger partial charge on any atom is -0.507 e. The van der Waals surface area contributed by atoms with Gasteiger partial charge in [-0.1, -0.05) is 0 Å². The van der Waals surface area contributed by atoms with Gasteiger partial charge in [0.25, 0.3) is 0 Å². The molecule has 0 saturated carbocycles. The van der Waals surface area contributed by atoms with Crippen molar-refractivity contribution in [3.05, 3.63) is 23.8 Å². The van der Waals surface area contributed by atoms with Gasteiger partial charge in [-0.2, -0.15) is 5.26 Å². The number of benzene rings is 1. The Hall–Kier alpha value is -2.88. The molecule has 0 aliphatic heterocycles.